The van der Waals surface area contributed by atoms with Gasteiger partial charge in [0.2, 0.25) is 0 Å². The molecule has 0 aromatic heterocycles. The second kappa shape index (κ2) is 7.64. The van der Waals surface area contributed by atoms with Crippen molar-refractivity contribution in [3.05, 3.63) is 32.4 Å². The summed E-state index contributed by atoms with van der Waals surface area (Å²) in [7, 11) is 0. The van der Waals surface area contributed by atoms with Gasteiger partial charge in [-0.2, -0.15) is 30.7 Å². The predicted octanol–water partition coefficient (Wildman–Crippen LogP) is 3.88. The minimum atomic E-state index is -6.68. The van der Waals surface area contributed by atoms with Gasteiger partial charge in [0.15, 0.2) is 5.69 Å². The molecule has 1 aromatic rings. The number of hydrogen-bond donors (Lipinski definition) is 2. The molecule has 0 saturated carbocycles. The first-order chi connectivity index (χ1) is 12.5. The summed E-state index contributed by atoms with van der Waals surface area (Å²) in [5.41, 5.74) is -3.83. The van der Waals surface area contributed by atoms with Crippen LogP contribution in [-0.4, -0.2) is 44.8 Å². The van der Waals surface area contributed by atoms with Crippen molar-refractivity contribution in [2.24, 2.45) is 0 Å². The van der Waals surface area contributed by atoms with E-state index in [1.54, 1.807) is 5.32 Å². The summed E-state index contributed by atoms with van der Waals surface area (Å²) in [4.78, 5) is 28.3. The number of anilines is 1. The van der Waals surface area contributed by atoms with Crippen LogP contribution in [0.25, 0.3) is 0 Å². The number of rotatable bonds is 8. The first-order valence-corrected chi connectivity index (χ1v) is 7.26. The summed E-state index contributed by atoms with van der Waals surface area (Å²) in [6, 6.07) is 0.143. The average molecular weight is 441 g/mol. The largest absolute Gasteiger partial charge is 0.480 e. The van der Waals surface area contributed by atoms with Gasteiger partial charge in [0.05, 0.1) is 9.85 Å². The molecule has 2 N–H and O–H groups in total. The first-order valence-electron chi connectivity index (χ1n) is 6.45. The van der Waals surface area contributed by atoms with Crippen molar-refractivity contribution in [3.8, 4) is 0 Å². The van der Waals surface area contributed by atoms with E-state index in [0.717, 1.165) is 0 Å². The van der Waals surface area contributed by atoms with E-state index in [9.17, 15) is 55.8 Å². The number of aliphatic carboxylic acids is 1. The number of nitro benzene ring substituents is 2. The van der Waals surface area contributed by atoms with E-state index >= 15 is 0 Å². The number of nitro groups is 2. The molecule has 0 heterocycles. The minimum absolute atomic E-state index is 0.0716. The maximum Gasteiger partial charge on any atom is 0.460 e. The van der Waals surface area contributed by atoms with Crippen LogP contribution in [0.2, 0.25) is 0 Å². The van der Waals surface area contributed by atoms with E-state index in [1.165, 1.54) is 0 Å². The highest BCUT2D eigenvalue weighted by Crippen LogP contribution is 2.55. The van der Waals surface area contributed by atoms with Crippen molar-refractivity contribution in [1.82, 2.24) is 0 Å². The molecule has 0 atom stereocenters. The third-order valence-electron chi connectivity index (χ3n) is 2.85. The summed E-state index contributed by atoms with van der Waals surface area (Å²) in [5.74, 6) is -8.19. The van der Waals surface area contributed by atoms with Crippen molar-refractivity contribution in [2.75, 3.05) is 11.9 Å². The Balaban J connectivity index is 3.52. The second-order valence-corrected chi connectivity index (χ2v) is 5.98. The van der Waals surface area contributed by atoms with Crippen LogP contribution < -0.4 is 5.32 Å². The fourth-order valence-corrected chi connectivity index (χ4v) is 2.54. The SMILES string of the molecule is O=C(O)CNc1c([N+](=O)[O-])cc(SC(F)(F)C(F)(F)C(F)(F)F)cc1[N+](=O)[O-]. The van der Waals surface area contributed by atoms with Crippen molar-refractivity contribution < 1.29 is 50.5 Å². The Hall–Kier alpha value is -2.85. The maximum atomic E-state index is 13.5. The Bertz CT molecular complexity index is 781. The minimum Gasteiger partial charge on any atom is -0.480 e. The quantitative estimate of drug-likeness (QED) is 0.269. The highest BCUT2D eigenvalue weighted by atomic mass is 32.2. The number of carbonyl (C=O) groups is 1. The molecule has 0 bridgehead atoms. The van der Waals surface area contributed by atoms with Crippen LogP contribution in [0, 0.1) is 20.2 Å². The Morgan fingerprint density at radius 2 is 1.46 bits per heavy atom. The second-order valence-electron chi connectivity index (χ2n) is 4.79. The number of hydrogen-bond acceptors (Lipinski definition) is 7. The van der Waals surface area contributed by atoms with Crippen LogP contribution >= 0.6 is 11.8 Å². The number of carboxylic acids is 1. The van der Waals surface area contributed by atoms with Crippen LogP contribution in [0.4, 0.5) is 47.8 Å². The molecule has 9 nitrogen and oxygen atoms in total. The van der Waals surface area contributed by atoms with Crippen molar-refractivity contribution in [2.45, 2.75) is 22.2 Å². The lowest BCUT2D eigenvalue weighted by molar-refractivity contribution is -0.392. The zero-order valence-corrected chi connectivity index (χ0v) is 13.6. The molecule has 0 saturated heterocycles. The van der Waals surface area contributed by atoms with Gasteiger partial charge in [0.1, 0.15) is 6.54 Å². The fraction of sp³-hybridized carbons (Fsp3) is 0.364. The number of alkyl halides is 7. The van der Waals surface area contributed by atoms with Gasteiger partial charge in [-0.05, 0) is 11.8 Å². The topological polar surface area (TPSA) is 136 Å². The summed E-state index contributed by atoms with van der Waals surface area (Å²) in [6.07, 6.45) is -6.68. The third kappa shape index (κ3) is 4.70. The molecular formula is C11H6F7N3O6S. The van der Waals surface area contributed by atoms with Gasteiger partial charge in [-0.15, -0.1) is 0 Å². The standard InChI is InChI=1S/C11H6F7N3O6S/c12-9(13,10(14,15)16)11(17,18)28-4-1-5(20(24)25)8(19-3-7(22)23)6(2-4)21(26)27/h1-2,19H,3H2,(H,22,23). The molecule has 0 aliphatic heterocycles. The van der Waals surface area contributed by atoms with Gasteiger partial charge in [0.25, 0.3) is 0 Å². The summed E-state index contributed by atoms with van der Waals surface area (Å²) in [6.45, 7) is -1.09. The molecule has 1 aromatic carbocycles. The van der Waals surface area contributed by atoms with Crippen LogP contribution in [0.15, 0.2) is 17.0 Å². The molecule has 0 aliphatic carbocycles. The van der Waals surface area contributed by atoms with Crippen LogP contribution in [-0.2, 0) is 4.79 Å². The number of carboxylic acid groups (broad SMARTS) is 1. The number of nitrogens with one attached hydrogen (secondary N) is 1. The van der Waals surface area contributed by atoms with Gasteiger partial charge < -0.3 is 10.4 Å². The van der Waals surface area contributed by atoms with Crippen molar-refractivity contribution >= 4 is 34.8 Å². The van der Waals surface area contributed by atoms with E-state index in [2.05, 4.69) is 0 Å². The predicted molar refractivity (Wildman–Crippen MR) is 77.7 cm³/mol. The van der Waals surface area contributed by atoms with Gasteiger partial charge in [-0.3, -0.25) is 25.0 Å². The van der Waals surface area contributed by atoms with Crippen molar-refractivity contribution in [1.29, 1.82) is 0 Å². The molecule has 156 valence electrons. The van der Waals surface area contributed by atoms with E-state index in [-0.39, 0.29) is 12.1 Å². The molecule has 0 radical (unpaired) electrons. The smallest absolute Gasteiger partial charge is 0.460 e. The molecule has 28 heavy (non-hydrogen) atoms. The first kappa shape index (κ1) is 23.2. The zero-order chi connectivity index (χ0) is 22.1. The fourth-order valence-electron chi connectivity index (χ4n) is 1.66. The van der Waals surface area contributed by atoms with Gasteiger partial charge in [0, 0.05) is 17.0 Å². The lowest BCUT2D eigenvalue weighted by Gasteiger charge is -2.27. The molecule has 0 unspecified atom stereocenters. The van der Waals surface area contributed by atoms with Crippen LogP contribution in [0.5, 0.6) is 0 Å². The molecule has 0 amide bonds. The Labute approximate surface area is 152 Å². The molecule has 1 rings (SSSR count). The van der Waals surface area contributed by atoms with E-state index in [4.69, 9.17) is 5.11 Å². The highest BCUT2D eigenvalue weighted by Gasteiger charge is 2.73. The van der Waals surface area contributed by atoms with Crippen molar-refractivity contribution in [3.63, 3.8) is 0 Å². The Morgan fingerprint density at radius 3 is 1.79 bits per heavy atom. The molecular weight excluding hydrogens is 435 g/mol. The molecule has 0 spiro atoms. The Morgan fingerprint density at radius 1 is 1.04 bits per heavy atom. The summed E-state index contributed by atoms with van der Waals surface area (Å²) in [5, 5.41) is 26.4. The number of nitrogens with zero attached hydrogens (tertiary/aromatic N) is 2. The highest BCUT2D eigenvalue weighted by molar-refractivity contribution is 8.00. The summed E-state index contributed by atoms with van der Waals surface area (Å²) >= 11 is -1.48. The number of thioether (sulfide) groups is 1. The van der Waals surface area contributed by atoms with E-state index < -0.39 is 73.4 Å². The zero-order valence-electron chi connectivity index (χ0n) is 12.8. The lowest BCUT2D eigenvalue weighted by Crippen LogP contribution is -2.49. The summed E-state index contributed by atoms with van der Waals surface area (Å²) < 4.78 is 89.3. The Kier molecular flexibility index (Phi) is 6.33. The lowest BCUT2D eigenvalue weighted by atomic mass is 10.2. The average Bonchev–Trinajstić information content (AvgIpc) is 2.50. The molecule has 17 heteroatoms. The van der Waals surface area contributed by atoms with Gasteiger partial charge in [-0.25, -0.2) is 0 Å². The number of halogens is 7. The molecule has 0 fully saturated rings. The third-order valence-corrected chi connectivity index (χ3v) is 3.83. The monoisotopic (exact) mass is 441 g/mol. The molecule has 0 aliphatic rings. The van der Waals surface area contributed by atoms with Crippen LogP contribution in [0.1, 0.15) is 0 Å². The van der Waals surface area contributed by atoms with E-state index in [1.807, 2.05) is 0 Å². The van der Waals surface area contributed by atoms with E-state index in [0.29, 0.717) is 0 Å². The normalized spacial score (nSPS) is 12.5. The van der Waals surface area contributed by atoms with Gasteiger partial charge in [-0.1, -0.05) is 0 Å². The maximum absolute atomic E-state index is 13.5. The number of benzene rings is 1. The van der Waals surface area contributed by atoms with Crippen LogP contribution in [0.3, 0.4) is 0 Å². The van der Waals surface area contributed by atoms with Gasteiger partial charge >= 0.3 is 34.7 Å².